The third kappa shape index (κ3) is 4.07. The van der Waals surface area contributed by atoms with E-state index in [1.807, 2.05) is 25.1 Å². The van der Waals surface area contributed by atoms with Gasteiger partial charge in [0, 0.05) is 45.5 Å². The predicted octanol–water partition coefficient (Wildman–Crippen LogP) is 3.73. The van der Waals surface area contributed by atoms with Crippen molar-refractivity contribution in [2.45, 2.75) is 25.8 Å². The Morgan fingerprint density at radius 3 is 2.58 bits per heavy atom. The van der Waals surface area contributed by atoms with Crippen LogP contribution in [0.5, 0.6) is 0 Å². The lowest BCUT2D eigenvalue weighted by molar-refractivity contribution is 0.221. The van der Waals surface area contributed by atoms with Crippen LogP contribution in [0.15, 0.2) is 47.7 Å². The van der Waals surface area contributed by atoms with Crippen molar-refractivity contribution in [3.05, 3.63) is 63.9 Å². The van der Waals surface area contributed by atoms with Gasteiger partial charge in [-0.3, -0.25) is 14.3 Å². The highest BCUT2D eigenvalue weighted by Crippen LogP contribution is 2.33. The molecule has 1 aliphatic heterocycles. The Balaban J connectivity index is 1.66. The first-order chi connectivity index (χ1) is 15.9. The maximum absolute atomic E-state index is 13.8. The molecule has 0 amide bonds. The second kappa shape index (κ2) is 8.53. The number of likely N-dealkylation sites (tertiary alicyclic amines) is 1. The van der Waals surface area contributed by atoms with Gasteiger partial charge >= 0.3 is 0 Å². The predicted molar refractivity (Wildman–Crippen MR) is 130 cm³/mol. The molecule has 2 N–H and O–H groups in total. The summed E-state index contributed by atoms with van der Waals surface area (Å²) in [6.07, 6.45) is 6.78. The number of hydrogen-bond acceptors (Lipinski definition) is 7. The third-order valence-electron chi connectivity index (χ3n) is 6.16. The molecule has 168 valence electrons. The summed E-state index contributed by atoms with van der Waals surface area (Å²) in [4.78, 5) is 33.4. The van der Waals surface area contributed by atoms with E-state index in [1.54, 1.807) is 29.2 Å². The first kappa shape index (κ1) is 21.5. The highest BCUT2D eigenvalue weighted by Gasteiger charge is 2.24. The smallest absolute Gasteiger partial charge is 0.260 e. The van der Waals surface area contributed by atoms with Crippen molar-refractivity contribution in [2.75, 3.05) is 25.9 Å². The van der Waals surface area contributed by atoms with Crippen LogP contribution in [0.25, 0.3) is 33.4 Å². The zero-order valence-electron chi connectivity index (χ0n) is 18.5. The minimum absolute atomic E-state index is 0.0334. The number of fused-ring (bicyclic) bond motifs is 1. The normalized spacial score (nSPS) is 15.2. The number of pyridine rings is 1. The average molecular weight is 462 g/mol. The second-order valence-corrected chi connectivity index (χ2v) is 8.92. The van der Waals surface area contributed by atoms with Crippen LogP contribution in [-0.4, -0.2) is 49.5 Å². The van der Waals surface area contributed by atoms with Crippen LogP contribution in [0.1, 0.15) is 24.6 Å². The summed E-state index contributed by atoms with van der Waals surface area (Å²) in [6, 6.07) is 7.43. The van der Waals surface area contributed by atoms with E-state index in [1.165, 1.54) is 0 Å². The third-order valence-corrected chi connectivity index (χ3v) is 6.47. The molecule has 0 aliphatic carbocycles. The molecule has 1 aromatic carbocycles. The Morgan fingerprint density at radius 1 is 1.06 bits per heavy atom. The van der Waals surface area contributed by atoms with Gasteiger partial charge in [-0.1, -0.05) is 23.7 Å². The summed E-state index contributed by atoms with van der Waals surface area (Å²) in [6.45, 7) is 3.72. The topological polar surface area (TPSA) is 103 Å². The molecule has 0 radical (unpaired) electrons. The van der Waals surface area contributed by atoms with E-state index in [9.17, 15) is 4.79 Å². The van der Waals surface area contributed by atoms with Crippen LogP contribution in [-0.2, 0) is 0 Å². The Labute approximate surface area is 196 Å². The Morgan fingerprint density at radius 2 is 1.85 bits per heavy atom. The van der Waals surface area contributed by atoms with Crippen LogP contribution in [0.2, 0.25) is 5.02 Å². The van der Waals surface area contributed by atoms with Crippen molar-refractivity contribution in [3.8, 4) is 22.4 Å². The number of aromatic nitrogens is 5. The number of nitrogens with two attached hydrogens (primary N) is 1. The number of nitrogen functional groups attached to an aromatic ring is 1. The summed E-state index contributed by atoms with van der Waals surface area (Å²) in [5, 5.41) is 1.22. The zero-order valence-corrected chi connectivity index (χ0v) is 19.3. The molecule has 0 atom stereocenters. The number of benzene rings is 1. The second-order valence-electron chi connectivity index (χ2n) is 8.52. The van der Waals surface area contributed by atoms with Crippen LogP contribution >= 0.6 is 11.6 Å². The fraction of sp³-hybridized carbons (Fsp3) is 0.292. The van der Waals surface area contributed by atoms with Crippen molar-refractivity contribution < 1.29 is 0 Å². The number of anilines is 1. The van der Waals surface area contributed by atoms with E-state index >= 15 is 0 Å². The number of nitrogens with zero attached hydrogens (tertiary/aromatic N) is 6. The van der Waals surface area contributed by atoms with Crippen molar-refractivity contribution in [1.82, 2.24) is 29.4 Å². The average Bonchev–Trinajstić information content (AvgIpc) is 2.80. The van der Waals surface area contributed by atoms with Gasteiger partial charge in [-0.05, 0) is 52.0 Å². The lowest BCUT2D eigenvalue weighted by atomic mass is 10.0. The van der Waals surface area contributed by atoms with Gasteiger partial charge in [-0.15, -0.1) is 0 Å². The molecule has 5 rings (SSSR count). The Bertz CT molecular complexity index is 1410. The van der Waals surface area contributed by atoms with Crippen LogP contribution in [0.3, 0.4) is 0 Å². The molecule has 4 aromatic rings. The van der Waals surface area contributed by atoms with Crippen molar-refractivity contribution in [1.29, 1.82) is 0 Å². The molecule has 9 heteroatoms. The molecule has 1 saturated heterocycles. The van der Waals surface area contributed by atoms with Gasteiger partial charge < -0.3 is 10.6 Å². The van der Waals surface area contributed by atoms with E-state index in [-0.39, 0.29) is 17.5 Å². The van der Waals surface area contributed by atoms with Crippen molar-refractivity contribution >= 4 is 28.6 Å². The standard InChI is InChI=1S/C24H24ClN7O/c1-14-11-27-13-21(29-14)15-3-4-18(20(25)10-15)19-9-16-12-28-24(26)30-22(16)32(23(19)33)17-5-7-31(2)8-6-17/h3-4,9-13,17H,5-8H2,1-2H3,(H2,26,28,30). The quantitative estimate of drug-likeness (QED) is 0.495. The summed E-state index contributed by atoms with van der Waals surface area (Å²) in [7, 11) is 2.09. The summed E-state index contributed by atoms with van der Waals surface area (Å²) < 4.78 is 1.78. The minimum atomic E-state index is -0.125. The first-order valence-corrected chi connectivity index (χ1v) is 11.2. The lowest BCUT2D eigenvalue weighted by Gasteiger charge is -2.31. The number of rotatable bonds is 3. The molecule has 0 unspecified atom stereocenters. The maximum Gasteiger partial charge on any atom is 0.260 e. The molecule has 0 spiro atoms. The van der Waals surface area contributed by atoms with E-state index in [4.69, 9.17) is 17.3 Å². The Kier molecular flexibility index (Phi) is 5.55. The highest BCUT2D eigenvalue weighted by molar-refractivity contribution is 6.33. The fourth-order valence-electron chi connectivity index (χ4n) is 4.41. The highest BCUT2D eigenvalue weighted by atomic mass is 35.5. The van der Waals surface area contributed by atoms with Crippen molar-refractivity contribution in [3.63, 3.8) is 0 Å². The van der Waals surface area contributed by atoms with E-state index in [0.29, 0.717) is 21.8 Å². The molecule has 4 heterocycles. The summed E-state index contributed by atoms with van der Waals surface area (Å²) >= 11 is 6.70. The van der Waals surface area contributed by atoms with Gasteiger partial charge in [0.1, 0.15) is 5.65 Å². The number of halogens is 1. The monoisotopic (exact) mass is 461 g/mol. The fourth-order valence-corrected chi connectivity index (χ4v) is 4.70. The first-order valence-electron chi connectivity index (χ1n) is 10.9. The van der Waals surface area contributed by atoms with E-state index in [2.05, 4.69) is 31.9 Å². The summed E-state index contributed by atoms with van der Waals surface area (Å²) in [5.74, 6) is 0.151. The SMILES string of the molecule is Cc1cncc(-c2ccc(-c3cc4cnc(N)nc4n(C4CCN(C)CC4)c3=O)c(Cl)c2)n1. The molecule has 33 heavy (non-hydrogen) atoms. The lowest BCUT2D eigenvalue weighted by Crippen LogP contribution is -2.36. The molecular weight excluding hydrogens is 438 g/mol. The van der Waals surface area contributed by atoms with Crippen molar-refractivity contribution in [2.24, 2.45) is 0 Å². The summed E-state index contributed by atoms with van der Waals surface area (Å²) in [5.41, 5.74) is 9.88. The molecule has 1 fully saturated rings. The van der Waals surface area contributed by atoms with Gasteiger partial charge in [-0.2, -0.15) is 4.98 Å². The molecule has 0 saturated carbocycles. The largest absolute Gasteiger partial charge is 0.368 e. The minimum Gasteiger partial charge on any atom is -0.368 e. The zero-order chi connectivity index (χ0) is 23.1. The van der Waals surface area contributed by atoms with Crippen LogP contribution < -0.4 is 11.3 Å². The molecule has 3 aromatic heterocycles. The van der Waals surface area contributed by atoms with Gasteiger partial charge in [0.05, 0.1) is 17.6 Å². The molecule has 8 nitrogen and oxygen atoms in total. The number of aryl methyl sites for hydroxylation is 1. The van der Waals surface area contributed by atoms with Crippen LogP contribution in [0, 0.1) is 6.92 Å². The number of piperidine rings is 1. The van der Waals surface area contributed by atoms with E-state index in [0.717, 1.165) is 48.3 Å². The van der Waals surface area contributed by atoms with Gasteiger partial charge in [0.25, 0.3) is 5.56 Å². The number of hydrogen-bond donors (Lipinski definition) is 1. The molecule has 1 aliphatic rings. The van der Waals surface area contributed by atoms with Gasteiger partial charge in [0.2, 0.25) is 5.95 Å². The van der Waals surface area contributed by atoms with E-state index < -0.39 is 0 Å². The maximum atomic E-state index is 13.8. The molecule has 0 bridgehead atoms. The Hall–Kier alpha value is -3.36. The van der Waals surface area contributed by atoms with Gasteiger partial charge in [-0.25, -0.2) is 9.97 Å². The van der Waals surface area contributed by atoms with Crippen LogP contribution in [0.4, 0.5) is 5.95 Å². The molecular formula is C24H24ClN7O. The van der Waals surface area contributed by atoms with Gasteiger partial charge in [0.15, 0.2) is 0 Å².